The summed E-state index contributed by atoms with van der Waals surface area (Å²) in [6.07, 6.45) is 0. The van der Waals surface area contributed by atoms with Crippen LogP contribution in [-0.2, 0) is 0 Å². The Morgan fingerprint density at radius 1 is 0.375 bits per heavy atom. The summed E-state index contributed by atoms with van der Waals surface area (Å²) < 4.78 is 0. The van der Waals surface area contributed by atoms with Crippen LogP contribution in [0.15, 0.2) is 0 Å². The first-order chi connectivity index (χ1) is 0. The van der Waals surface area contributed by atoms with Gasteiger partial charge in [0.05, 0.1) is 0 Å². The Hall–Kier alpha value is 1.50. The van der Waals surface area contributed by atoms with E-state index >= 15 is 0 Å². The van der Waals surface area contributed by atoms with Crippen LogP contribution >= 0.6 is 17.0 Å². The summed E-state index contributed by atoms with van der Waals surface area (Å²) in [4.78, 5) is 0. The molecule has 0 aliphatic rings. The number of hydrogen-bond donors (Lipinski definition) is 0. The van der Waals surface area contributed by atoms with E-state index in [0.29, 0.717) is 0 Å². The van der Waals surface area contributed by atoms with E-state index < -0.39 is 0 Å². The van der Waals surface area contributed by atoms with Gasteiger partial charge < -0.3 is 32.9 Å². The molecule has 0 saturated heterocycles. The van der Waals surface area contributed by atoms with Crippen LogP contribution in [0.3, 0.4) is 0 Å². The molecule has 0 spiro atoms. The predicted molar refractivity (Wildman–Crippen MR) is 40.5 cm³/mol. The van der Waals surface area contributed by atoms with Gasteiger partial charge in [0, 0.05) is 0 Å². The van der Waals surface area contributed by atoms with Crippen molar-refractivity contribution in [2.24, 2.45) is 0 Å². The maximum atomic E-state index is 0. The van der Waals surface area contributed by atoms with Crippen LogP contribution in [-0.4, -0.2) is 70.6 Å². The normalized spacial score (nSPS) is 0. The van der Waals surface area contributed by atoms with Crippen molar-refractivity contribution >= 4 is 54.7 Å². The number of halogens is 1. The molecule has 0 aliphatic heterocycles. The summed E-state index contributed by atoms with van der Waals surface area (Å²) in [5.41, 5.74) is 0. The molecule has 0 radical (unpaired) electrons. The molecule has 0 bridgehead atoms. The van der Waals surface area contributed by atoms with Gasteiger partial charge in [-0.25, -0.2) is 0 Å². The van der Waals surface area contributed by atoms with Crippen molar-refractivity contribution in [3.8, 4) is 0 Å². The van der Waals surface area contributed by atoms with Crippen LogP contribution in [0, 0.1) is 0 Å². The molecule has 6 nitrogen and oxygen atoms in total. The van der Waals surface area contributed by atoms with Gasteiger partial charge in [-0.15, -0.1) is 17.0 Å². The van der Waals surface area contributed by atoms with E-state index in [2.05, 4.69) is 0 Å². The Bertz CT molecular complexity index is 8.49. The van der Waals surface area contributed by atoms with Crippen LogP contribution < -0.4 is 0 Å². The first-order valence-electron chi connectivity index (χ1n) is 0. The van der Waals surface area contributed by atoms with Crippen molar-refractivity contribution in [3.63, 3.8) is 0 Å². The van der Waals surface area contributed by atoms with Crippen LogP contribution in [0.2, 0.25) is 0 Å². The van der Waals surface area contributed by atoms with E-state index in [-0.39, 0.29) is 87.6 Å². The summed E-state index contributed by atoms with van der Waals surface area (Å²) in [5.74, 6) is 0. The SMILES string of the molecule is Br.O.O.O.O.O.O.[CaH2]. The van der Waals surface area contributed by atoms with Crippen molar-refractivity contribution in [1.29, 1.82) is 0 Å². The summed E-state index contributed by atoms with van der Waals surface area (Å²) in [6.45, 7) is 0. The summed E-state index contributed by atoms with van der Waals surface area (Å²) >= 11 is 0. The average Bonchev–Trinajstić information content (AvgIpc) is 0. The molecule has 8 heteroatoms. The molecule has 0 heterocycles. The second-order valence-electron chi connectivity index (χ2n) is 0. The van der Waals surface area contributed by atoms with E-state index in [0.717, 1.165) is 0 Å². The van der Waals surface area contributed by atoms with E-state index in [1.165, 1.54) is 0 Å². The van der Waals surface area contributed by atoms with Gasteiger partial charge in [-0.3, -0.25) is 0 Å². The quantitative estimate of drug-likeness (QED) is 0.360. The molecule has 0 aliphatic carbocycles. The Morgan fingerprint density at radius 2 is 0.375 bits per heavy atom. The first-order valence-corrected chi connectivity index (χ1v) is 0. The molecular formula is H15BrCaO6. The molecule has 0 aromatic rings. The fourth-order valence-corrected chi connectivity index (χ4v) is 0. The third kappa shape index (κ3) is 141. The van der Waals surface area contributed by atoms with Crippen LogP contribution in [0.4, 0.5) is 0 Å². The molecule has 0 fully saturated rings. The topological polar surface area (TPSA) is 189 Å². The van der Waals surface area contributed by atoms with Gasteiger partial charge >= 0.3 is 37.7 Å². The Labute approximate surface area is 86.9 Å². The summed E-state index contributed by atoms with van der Waals surface area (Å²) in [7, 11) is 0. The molecule has 60 valence electrons. The molecule has 0 unspecified atom stereocenters. The Kier molecular flexibility index (Phi) is 8110. The maximum absolute atomic E-state index is 0. The standard InChI is InChI=1S/BrH.Ca.6H2O.2H/h1H;;6*1H2;;. The van der Waals surface area contributed by atoms with Crippen LogP contribution in [0.1, 0.15) is 0 Å². The van der Waals surface area contributed by atoms with E-state index in [9.17, 15) is 0 Å². The zero-order valence-corrected chi connectivity index (χ0v) is 5.12. The van der Waals surface area contributed by atoms with E-state index in [1.54, 1.807) is 0 Å². The zero-order valence-electron chi connectivity index (χ0n) is 3.41. The fourth-order valence-electron chi connectivity index (χ4n) is 0. The molecule has 12 N–H and O–H groups in total. The van der Waals surface area contributed by atoms with Crippen molar-refractivity contribution in [1.82, 2.24) is 0 Å². The van der Waals surface area contributed by atoms with Crippen molar-refractivity contribution in [2.75, 3.05) is 0 Å². The second kappa shape index (κ2) is 213. The minimum absolute atomic E-state index is 0. The minimum atomic E-state index is 0. The van der Waals surface area contributed by atoms with Gasteiger partial charge in [0.15, 0.2) is 0 Å². The zero-order chi connectivity index (χ0) is 0. The van der Waals surface area contributed by atoms with Gasteiger partial charge in [-0.1, -0.05) is 0 Å². The number of hydrogen-bond acceptors (Lipinski definition) is 0. The third-order valence-electron chi connectivity index (χ3n) is 0. The Balaban J connectivity index is 0. The molecule has 8 heavy (non-hydrogen) atoms. The first kappa shape index (κ1) is 305. The van der Waals surface area contributed by atoms with Crippen molar-refractivity contribution < 1.29 is 32.9 Å². The van der Waals surface area contributed by atoms with Crippen molar-refractivity contribution in [2.45, 2.75) is 0 Å². The second-order valence-corrected chi connectivity index (χ2v) is 0. The molecule has 0 rings (SSSR count). The fraction of sp³-hybridized carbons (Fsp3) is 0. The van der Waals surface area contributed by atoms with E-state index in [1.807, 2.05) is 0 Å². The molecule has 0 saturated carbocycles. The summed E-state index contributed by atoms with van der Waals surface area (Å²) in [6, 6.07) is 0. The molecule has 0 atom stereocenters. The average molecular weight is 231 g/mol. The van der Waals surface area contributed by atoms with Gasteiger partial charge in [0.25, 0.3) is 0 Å². The van der Waals surface area contributed by atoms with Crippen molar-refractivity contribution in [3.05, 3.63) is 0 Å². The van der Waals surface area contributed by atoms with Gasteiger partial charge in [0.2, 0.25) is 0 Å². The van der Waals surface area contributed by atoms with Gasteiger partial charge in [-0.05, 0) is 0 Å². The molecular weight excluding hydrogens is 216 g/mol. The third-order valence-corrected chi connectivity index (χ3v) is 0. The summed E-state index contributed by atoms with van der Waals surface area (Å²) in [5, 5.41) is 0. The molecule has 0 amide bonds. The van der Waals surface area contributed by atoms with Gasteiger partial charge in [-0.2, -0.15) is 0 Å². The molecule has 0 aromatic carbocycles. The van der Waals surface area contributed by atoms with Crippen LogP contribution in [0.25, 0.3) is 0 Å². The molecule has 0 aromatic heterocycles. The Morgan fingerprint density at radius 3 is 0.375 bits per heavy atom. The number of rotatable bonds is 0. The van der Waals surface area contributed by atoms with Gasteiger partial charge in [0.1, 0.15) is 0 Å². The van der Waals surface area contributed by atoms with E-state index in [4.69, 9.17) is 0 Å². The predicted octanol–water partition coefficient (Wildman–Crippen LogP) is -5.29. The van der Waals surface area contributed by atoms with Crippen LogP contribution in [0.5, 0.6) is 0 Å². The monoisotopic (exact) mass is 230 g/mol.